The molecule has 0 heterocycles. The molecule has 0 spiro atoms. The molecule has 0 amide bonds. The largest absolute Gasteiger partial charge is 0.286 e. The maximum Gasteiger partial charge on any atom is 0.220 e. The summed E-state index contributed by atoms with van der Waals surface area (Å²) in [6.45, 7) is 20.9. The Labute approximate surface area is 195 Å². The lowest BCUT2D eigenvalue weighted by Gasteiger charge is -2.18. The average molecular weight is 433 g/mol. The zero-order chi connectivity index (χ0) is 24.2. The lowest BCUT2D eigenvalue weighted by molar-refractivity contribution is -0.107. The predicted octanol–water partition coefficient (Wildman–Crippen LogP) is 8.63. The minimum atomic E-state index is -0.105. The zero-order valence-corrected chi connectivity index (χ0v) is 21.6. The molecule has 3 nitrogen and oxygen atoms in total. The molecule has 32 heavy (non-hydrogen) atoms. The number of hydrogen-bond acceptors (Lipinski definition) is 3. The molecule has 2 aromatic rings. The van der Waals surface area contributed by atoms with Crippen LogP contribution in [-0.2, 0) is 4.79 Å². The van der Waals surface area contributed by atoms with E-state index in [1.807, 2.05) is 0 Å². The van der Waals surface area contributed by atoms with E-state index in [4.69, 9.17) is 9.98 Å². The summed E-state index contributed by atoms with van der Waals surface area (Å²) < 4.78 is 0. The van der Waals surface area contributed by atoms with Gasteiger partial charge in [-0.3, -0.25) is 4.79 Å². The third-order valence-electron chi connectivity index (χ3n) is 5.90. The quantitative estimate of drug-likeness (QED) is 0.385. The number of para-hydroxylation sites is 2. The van der Waals surface area contributed by atoms with Crippen LogP contribution in [0.5, 0.6) is 0 Å². The van der Waals surface area contributed by atoms with E-state index in [1.54, 1.807) is 13.8 Å². The summed E-state index contributed by atoms with van der Waals surface area (Å²) >= 11 is 0. The number of Topliss-reactive ketones (excluding diaryl/α,β-unsaturated/α-hetero) is 1. The minimum absolute atomic E-state index is 0.105. The normalized spacial score (nSPS) is 13.1. The van der Waals surface area contributed by atoms with Crippen LogP contribution >= 0.6 is 0 Å². The lowest BCUT2D eigenvalue weighted by atomic mass is 9.92. The molecular weight excluding hydrogens is 392 g/mol. The van der Waals surface area contributed by atoms with Crippen molar-refractivity contribution in [2.75, 3.05) is 0 Å². The van der Waals surface area contributed by atoms with E-state index in [9.17, 15) is 4.79 Å². The van der Waals surface area contributed by atoms with Crippen LogP contribution in [0.2, 0.25) is 0 Å². The van der Waals surface area contributed by atoms with Gasteiger partial charge in [0.1, 0.15) is 0 Å². The van der Waals surface area contributed by atoms with Crippen LogP contribution in [0.4, 0.5) is 11.4 Å². The molecule has 0 aliphatic carbocycles. The van der Waals surface area contributed by atoms with Gasteiger partial charge in [-0.2, -0.15) is 0 Å². The molecule has 0 aromatic heterocycles. The van der Waals surface area contributed by atoms with Gasteiger partial charge in [0.15, 0.2) is 0 Å². The summed E-state index contributed by atoms with van der Waals surface area (Å²) in [6.07, 6.45) is 0. The molecule has 2 rings (SSSR count). The number of aliphatic imine (C=N–C) groups is 2. The molecule has 0 saturated heterocycles. The van der Waals surface area contributed by atoms with E-state index < -0.39 is 0 Å². The number of nitrogens with zero attached hydrogens (tertiary/aromatic N) is 2. The van der Waals surface area contributed by atoms with Crippen molar-refractivity contribution >= 4 is 28.6 Å². The molecule has 0 aliphatic rings. The highest BCUT2D eigenvalue weighted by Crippen LogP contribution is 2.36. The Morgan fingerprint density at radius 3 is 1.03 bits per heavy atom. The molecule has 0 unspecified atom stereocenters. The third-order valence-corrected chi connectivity index (χ3v) is 5.90. The highest BCUT2D eigenvalue weighted by Gasteiger charge is 2.19. The summed E-state index contributed by atoms with van der Waals surface area (Å²) in [6, 6.07) is 12.6. The minimum Gasteiger partial charge on any atom is -0.286 e. The van der Waals surface area contributed by atoms with Crippen LogP contribution in [-0.4, -0.2) is 17.2 Å². The van der Waals surface area contributed by atoms with Gasteiger partial charge < -0.3 is 0 Å². The number of hydrogen-bond donors (Lipinski definition) is 0. The fourth-order valence-corrected chi connectivity index (χ4v) is 3.98. The van der Waals surface area contributed by atoms with Gasteiger partial charge in [-0.15, -0.1) is 0 Å². The Morgan fingerprint density at radius 1 is 0.562 bits per heavy atom. The lowest BCUT2D eigenvalue weighted by Crippen LogP contribution is -2.19. The second kappa shape index (κ2) is 10.8. The zero-order valence-electron chi connectivity index (χ0n) is 21.6. The van der Waals surface area contributed by atoms with Crippen LogP contribution in [0, 0.1) is 0 Å². The Kier molecular flexibility index (Phi) is 8.72. The van der Waals surface area contributed by atoms with Crippen LogP contribution in [0.3, 0.4) is 0 Å². The van der Waals surface area contributed by atoms with Crippen molar-refractivity contribution in [3.05, 3.63) is 58.7 Å². The van der Waals surface area contributed by atoms with E-state index >= 15 is 0 Å². The van der Waals surface area contributed by atoms with Crippen molar-refractivity contribution in [1.82, 2.24) is 0 Å². The van der Waals surface area contributed by atoms with Crippen LogP contribution in [0.25, 0.3) is 0 Å². The van der Waals surface area contributed by atoms with Gasteiger partial charge in [0.25, 0.3) is 0 Å². The molecule has 0 aliphatic heterocycles. The molecule has 0 bridgehead atoms. The number of rotatable bonds is 8. The van der Waals surface area contributed by atoms with E-state index in [0.29, 0.717) is 35.1 Å². The molecule has 172 valence electrons. The van der Waals surface area contributed by atoms with Crippen molar-refractivity contribution in [3.8, 4) is 0 Å². The highest BCUT2D eigenvalue weighted by molar-refractivity contribution is 6.66. The molecule has 0 N–H and O–H groups in total. The standard InChI is InChI=1S/C29H40N2O/c1-17(2)23-13-11-14-24(18(3)4)27(23)30-21(9)29(32)22(10)31-28-25(19(5)6)15-12-16-26(28)20(7)8/h11-20H,1-10H3. The molecule has 0 atom stereocenters. The third kappa shape index (κ3) is 5.82. The first kappa shape index (κ1) is 25.7. The van der Waals surface area contributed by atoms with Crippen LogP contribution in [0.1, 0.15) is 115 Å². The van der Waals surface area contributed by atoms with E-state index in [2.05, 4.69) is 91.8 Å². The molecule has 3 heteroatoms. The first-order valence-electron chi connectivity index (χ1n) is 11.9. The number of ketones is 1. The molecule has 0 fully saturated rings. The molecule has 0 radical (unpaired) electrons. The van der Waals surface area contributed by atoms with Crippen LogP contribution < -0.4 is 0 Å². The number of carbonyl (C=O) groups excluding carboxylic acids is 1. The predicted molar refractivity (Wildman–Crippen MR) is 140 cm³/mol. The summed E-state index contributed by atoms with van der Waals surface area (Å²) in [5.74, 6) is 1.22. The van der Waals surface area contributed by atoms with Gasteiger partial charge in [0, 0.05) is 0 Å². The van der Waals surface area contributed by atoms with Crippen molar-refractivity contribution in [2.45, 2.75) is 92.9 Å². The summed E-state index contributed by atoms with van der Waals surface area (Å²) in [7, 11) is 0. The van der Waals surface area contributed by atoms with Gasteiger partial charge in [0.05, 0.1) is 22.8 Å². The van der Waals surface area contributed by atoms with Gasteiger partial charge in [-0.1, -0.05) is 91.8 Å². The maximum atomic E-state index is 13.3. The Balaban J connectivity index is 2.57. The smallest absolute Gasteiger partial charge is 0.220 e. The second-order valence-corrected chi connectivity index (χ2v) is 9.91. The Bertz CT molecular complexity index is 889. The van der Waals surface area contributed by atoms with E-state index in [1.165, 1.54) is 22.3 Å². The number of carbonyl (C=O) groups is 1. The first-order chi connectivity index (χ1) is 15.0. The van der Waals surface area contributed by atoms with Gasteiger partial charge in [-0.25, -0.2) is 9.98 Å². The van der Waals surface area contributed by atoms with E-state index in [0.717, 1.165) is 11.4 Å². The van der Waals surface area contributed by atoms with Crippen molar-refractivity contribution in [1.29, 1.82) is 0 Å². The van der Waals surface area contributed by atoms with Gasteiger partial charge >= 0.3 is 0 Å². The SMILES string of the molecule is CC(=Nc1c(C(C)C)cccc1C(C)C)C(=O)C(C)=Nc1c(C(C)C)cccc1C(C)C. The average Bonchev–Trinajstić information content (AvgIpc) is 2.72. The second-order valence-electron chi connectivity index (χ2n) is 9.91. The summed E-state index contributed by atoms with van der Waals surface area (Å²) in [4.78, 5) is 23.0. The van der Waals surface area contributed by atoms with Gasteiger partial charge in [-0.05, 0) is 59.8 Å². The van der Waals surface area contributed by atoms with Crippen LogP contribution in [0.15, 0.2) is 46.4 Å². The first-order valence-corrected chi connectivity index (χ1v) is 11.9. The van der Waals surface area contributed by atoms with Crippen molar-refractivity contribution < 1.29 is 4.79 Å². The highest BCUT2D eigenvalue weighted by atomic mass is 16.1. The Hall–Kier alpha value is -2.55. The van der Waals surface area contributed by atoms with E-state index in [-0.39, 0.29) is 5.78 Å². The molecule has 0 saturated carbocycles. The van der Waals surface area contributed by atoms with Crippen molar-refractivity contribution in [2.24, 2.45) is 9.98 Å². The fraction of sp³-hybridized carbons (Fsp3) is 0.483. The van der Waals surface area contributed by atoms with Gasteiger partial charge in [0.2, 0.25) is 5.78 Å². The maximum absolute atomic E-state index is 13.3. The molecule has 2 aromatic carbocycles. The summed E-state index contributed by atoms with van der Waals surface area (Å²) in [5.41, 5.74) is 7.51. The number of benzene rings is 2. The topological polar surface area (TPSA) is 41.8 Å². The monoisotopic (exact) mass is 432 g/mol. The fourth-order valence-electron chi connectivity index (χ4n) is 3.98. The summed E-state index contributed by atoms with van der Waals surface area (Å²) in [5, 5.41) is 0. The molecular formula is C29H40N2O. The van der Waals surface area contributed by atoms with Crippen molar-refractivity contribution in [3.63, 3.8) is 0 Å². The Morgan fingerprint density at radius 2 is 0.812 bits per heavy atom.